The fourth-order valence-corrected chi connectivity index (χ4v) is 5.00. The van der Waals surface area contributed by atoms with Crippen molar-refractivity contribution in [3.05, 3.63) is 160 Å². The lowest BCUT2D eigenvalue weighted by atomic mass is 10.1. The Hall–Kier alpha value is -7.14. The molecule has 4 amide bonds. The molecule has 2 N–H and O–H groups in total. The second-order valence-electron chi connectivity index (χ2n) is 10.4. The molecule has 1 aliphatic rings. The molecule has 1 aliphatic heterocycles. The zero-order valence-electron chi connectivity index (χ0n) is 24.7. The summed E-state index contributed by atoms with van der Waals surface area (Å²) in [6.45, 7) is 0. The molecule has 0 unspecified atom stereocenters. The first-order valence-corrected chi connectivity index (χ1v) is 14.3. The van der Waals surface area contributed by atoms with Gasteiger partial charge in [-0.1, -0.05) is 54.0 Å². The zero-order valence-corrected chi connectivity index (χ0v) is 24.7. The molecule has 0 bridgehead atoms. The van der Waals surface area contributed by atoms with Gasteiger partial charge in [0.1, 0.15) is 0 Å². The minimum Gasteiger partial charge on any atom is -0.322 e. The lowest BCUT2D eigenvalue weighted by Crippen LogP contribution is -2.30. The monoisotopic (exact) mass is 609 g/mol. The van der Waals surface area contributed by atoms with Crippen LogP contribution in [0.3, 0.4) is 0 Å². The van der Waals surface area contributed by atoms with E-state index in [4.69, 9.17) is 12.8 Å². The number of anilines is 3. The van der Waals surface area contributed by atoms with Crippen molar-refractivity contribution in [2.24, 2.45) is 0 Å². The molecule has 1 heterocycles. The second kappa shape index (κ2) is 12.8. The number of imide groups is 1. The van der Waals surface area contributed by atoms with Crippen molar-refractivity contribution < 1.29 is 19.2 Å². The van der Waals surface area contributed by atoms with Gasteiger partial charge in [-0.15, -0.1) is 12.8 Å². The number of terminal acetylenes is 2. The summed E-state index contributed by atoms with van der Waals surface area (Å²) < 4.78 is 0. The lowest BCUT2D eigenvalue weighted by molar-refractivity contribution is 0.0922. The molecule has 6 rings (SSSR count). The molecule has 0 fully saturated rings. The summed E-state index contributed by atoms with van der Waals surface area (Å²) >= 11 is 0. The third-order valence-corrected chi connectivity index (χ3v) is 7.29. The Kier molecular flexibility index (Phi) is 8.17. The molecule has 7 heteroatoms. The van der Waals surface area contributed by atoms with E-state index < -0.39 is 23.6 Å². The van der Waals surface area contributed by atoms with Gasteiger partial charge in [-0.2, -0.15) is 0 Å². The van der Waals surface area contributed by atoms with Gasteiger partial charge in [-0.3, -0.25) is 19.2 Å². The number of fused-ring (bicyclic) bond motifs is 1. The molecule has 0 spiro atoms. The minimum atomic E-state index is -0.610. The average molecular weight is 610 g/mol. The van der Waals surface area contributed by atoms with Crippen LogP contribution in [0, 0.1) is 36.5 Å². The number of amides is 4. The molecule has 0 aromatic heterocycles. The van der Waals surface area contributed by atoms with Gasteiger partial charge in [0.25, 0.3) is 23.6 Å². The number of nitrogens with one attached hydrogen (secondary N) is 2. The Bertz CT molecular complexity index is 2170. The molecule has 0 radical (unpaired) electrons. The van der Waals surface area contributed by atoms with Crippen LogP contribution in [0.15, 0.2) is 115 Å². The van der Waals surface area contributed by atoms with Gasteiger partial charge in [-0.05, 0) is 84.9 Å². The summed E-state index contributed by atoms with van der Waals surface area (Å²) in [5, 5.41) is 5.53. The van der Waals surface area contributed by atoms with E-state index in [9.17, 15) is 19.2 Å². The van der Waals surface area contributed by atoms with E-state index in [1.807, 2.05) is 30.3 Å². The smallest absolute Gasteiger partial charge is 0.266 e. The van der Waals surface area contributed by atoms with E-state index >= 15 is 0 Å². The molecular formula is C40H23N3O4. The van der Waals surface area contributed by atoms with Crippen LogP contribution in [0.25, 0.3) is 0 Å². The van der Waals surface area contributed by atoms with E-state index in [0.29, 0.717) is 28.1 Å². The maximum atomic E-state index is 13.7. The van der Waals surface area contributed by atoms with Crippen molar-refractivity contribution in [1.82, 2.24) is 0 Å². The van der Waals surface area contributed by atoms with E-state index in [-0.39, 0.29) is 27.9 Å². The number of hydrogen-bond donors (Lipinski definition) is 2. The first-order valence-electron chi connectivity index (χ1n) is 14.3. The van der Waals surface area contributed by atoms with Crippen LogP contribution in [0.1, 0.15) is 63.7 Å². The first-order chi connectivity index (χ1) is 22.8. The van der Waals surface area contributed by atoms with Crippen molar-refractivity contribution in [2.45, 2.75) is 0 Å². The Balaban J connectivity index is 1.36. The molecule has 7 nitrogen and oxygen atoms in total. The summed E-state index contributed by atoms with van der Waals surface area (Å²) in [5.74, 6) is 8.73. The number of carbonyl (C=O) groups excluding carboxylic acids is 4. The highest BCUT2D eigenvalue weighted by Gasteiger charge is 2.37. The summed E-state index contributed by atoms with van der Waals surface area (Å²) in [6.07, 6.45) is 11.0. The summed E-state index contributed by atoms with van der Waals surface area (Å²) in [4.78, 5) is 55.3. The summed E-state index contributed by atoms with van der Waals surface area (Å²) in [5.41, 5.74) is 3.77. The molecule has 47 heavy (non-hydrogen) atoms. The Morgan fingerprint density at radius 3 is 1.64 bits per heavy atom. The van der Waals surface area contributed by atoms with E-state index in [2.05, 4.69) is 34.3 Å². The SMILES string of the molecule is C#Cc1cccc(NC(=O)c2cc(C(=O)Nc3cccc(C#C)c3)cc(N3C(=O)c4ccc(C#Cc5ccccc5)cc4C3=O)c2)c1. The molecule has 0 saturated carbocycles. The number of rotatable bonds is 5. The van der Waals surface area contributed by atoms with E-state index in [1.165, 1.54) is 18.2 Å². The van der Waals surface area contributed by atoms with Gasteiger partial charge in [0.2, 0.25) is 0 Å². The highest BCUT2D eigenvalue weighted by molar-refractivity contribution is 6.35. The highest BCUT2D eigenvalue weighted by Crippen LogP contribution is 2.31. The molecule has 0 atom stereocenters. The number of benzene rings is 5. The molecule has 5 aromatic carbocycles. The van der Waals surface area contributed by atoms with Crippen LogP contribution in [-0.2, 0) is 0 Å². The fourth-order valence-electron chi connectivity index (χ4n) is 5.00. The van der Waals surface area contributed by atoms with Gasteiger partial charge < -0.3 is 10.6 Å². The predicted molar refractivity (Wildman–Crippen MR) is 181 cm³/mol. The molecule has 0 aliphatic carbocycles. The van der Waals surface area contributed by atoms with Crippen LogP contribution >= 0.6 is 0 Å². The second-order valence-corrected chi connectivity index (χ2v) is 10.4. The third-order valence-electron chi connectivity index (χ3n) is 7.29. The van der Waals surface area contributed by atoms with E-state index in [1.54, 1.807) is 66.7 Å². The van der Waals surface area contributed by atoms with E-state index in [0.717, 1.165) is 10.5 Å². The van der Waals surface area contributed by atoms with Crippen molar-refractivity contribution in [2.75, 3.05) is 15.5 Å². The number of carbonyl (C=O) groups is 4. The van der Waals surface area contributed by atoms with Gasteiger partial charge in [0, 0.05) is 44.8 Å². The van der Waals surface area contributed by atoms with Crippen molar-refractivity contribution >= 4 is 40.7 Å². The number of hydrogen-bond acceptors (Lipinski definition) is 4. The van der Waals surface area contributed by atoms with Crippen LogP contribution in [0.2, 0.25) is 0 Å². The lowest BCUT2D eigenvalue weighted by Gasteiger charge is -2.17. The Labute approximate surface area is 271 Å². The normalized spacial score (nSPS) is 11.4. The first kappa shape index (κ1) is 29.9. The van der Waals surface area contributed by atoms with Crippen molar-refractivity contribution in [1.29, 1.82) is 0 Å². The Morgan fingerprint density at radius 2 is 1.06 bits per heavy atom. The molecule has 5 aromatic rings. The van der Waals surface area contributed by atoms with Crippen LogP contribution < -0.4 is 15.5 Å². The topological polar surface area (TPSA) is 95.6 Å². The average Bonchev–Trinajstić information content (AvgIpc) is 3.35. The van der Waals surface area contributed by atoms with Crippen molar-refractivity contribution in [3.8, 4) is 36.5 Å². The summed E-state index contributed by atoms with van der Waals surface area (Å²) in [7, 11) is 0. The van der Waals surface area contributed by atoms with Gasteiger partial charge >= 0.3 is 0 Å². The number of nitrogens with zero attached hydrogens (tertiary/aromatic N) is 1. The predicted octanol–water partition coefficient (Wildman–Crippen LogP) is 6.35. The van der Waals surface area contributed by atoms with Gasteiger partial charge in [0.15, 0.2) is 0 Å². The summed E-state index contributed by atoms with van der Waals surface area (Å²) in [6, 6.07) is 31.7. The molecular weight excluding hydrogens is 586 g/mol. The minimum absolute atomic E-state index is 0.0297. The van der Waals surface area contributed by atoms with Crippen LogP contribution in [0.5, 0.6) is 0 Å². The highest BCUT2D eigenvalue weighted by atomic mass is 16.2. The Morgan fingerprint density at radius 1 is 0.532 bits per heavy atom. The van der Waals surface area contributed by atoms with Crippen LogP contribution in [0.4, 0.5) is 17.1 Å². The molecule has 222 valence electrons. The quantitative estimate of drug-likeness (QED) is 0.179. The standard InChI is InChI=1S/C40H23N3O4/c1-3-26-12-8-14-32(20-26)41-37(44)30-23-31(38(45)42-33-15-9-13-27(4-2)21-33)25-34(24-30)43-39(46)35-19-18-29(22-36(35)40(43)47)17-16-28-10-6-5-7-11-28/h1-2,5-15,18-25H,(H,41,44)(H,42,45). The van der Waals surface area contributed by atoms with Crippen LogP contribution in [-0.4, -0.2) is 23.6 Å². The van der Waals surface area contributed by atoms with Gasteiger partial charge in [0.05, 0.1) is 16.8 Å². The third kappa shape index (κ3) is 6.40. The maximum Gasteiger partial charge on any atom is 0.266 e. The fraction of sp³-hybridized carbons (Fsp3) is 0. The zero-order chi connectivity index (χ0) is 32.9. The maximum absolute atomic E-state index is 13.7. The van der Waals surface area contributed by atoms with Crippen molar-refractivity contribution in [3.63, 3.8) is 0 Å². The van der Waals surface area contributed by atoms with Gasteiger partial charge in [-0.25, -0.2) is 4.90 Å². The molecule has 0 saturated heterocycles. The largest absolute Gasteiger partial charge is 0.322 e.